The van der Waals surface area contributed by atoms with E-state index in [4.69, 9.17) is 21.8 Å². The van der Waals surface area contributed by atoms with Crippen molar-refractivity contribution in [2.45, 2.75) is 0 Å². The van der Waals surface area contributed by atoms with Crippen LogP contribution in [0.2, 0.25) is 0 Å². The van der Waals surface area contributed by atoms with E-state index in [-0.39, 0.29) is 29.9 Å². The highest BCUT2D eigenvalue weighted by molar-refractivity contribution is 6.18. The van der Waals surface area contributed by atoms with E-state index in [1.165, 1.54) is 0 Å². The summed E-state index contributed by atoms with van der Waals surface area (Å²) in [5.41, 5.74) is 5.06. The van der Waals surface area contributed by atoms with Crippen LogP contribution in [-0.2, 0) is 0 Å². The minimum atomic E-state index is -0.424. The quantitative estimate of drug-likeness (QED) is 0.212. The molecule has 9 aromatic rings. The fraction of sp³-hybridized carbons (Fsp3) is 0. The van der Waals surface area contributed by atoms with Crippen molar-refractivity contribution in [1.29, 1.82) is 0 Å². The van der Waals surface area contributed by atoms with Gasteiger partial charge in [0, 0.05) is 38.4 Å². The van der Waals surface area contributed by atoms with Gasteiger partial charge in [-0.2, -0.15) is 9.97 Å². The van der Waals surface area contributed by atoms with Crippen molar-refractivity contribution in [3.8, 4) is 34.4 Å². The van der Waals surface area contributed by atoms with Crippen molar-refractivity contribution in [3.05, 3.63) is 152 Å². The predicted molar refractivity (Wildman–Crippen MR) is 179 cm³/mol. The maximum atomic E-state index is 8.83. The maximum absolute atomic E-state index is 8.83. The molecule has 0 unspecified atom stereocenters. The minimum Gasteiger partial charge on any atom is -0.309 e. The van der Waals surface area contributed by atoms with Crippen molar-refractivity contribution in [3.63, 3.8) is 0 Å². The fourth-order valence-corrected chi connectivity index (χ4v) is 6.14. The van der Waals surface area contributed by atoms with Crippen LogP contribution in [0.25, 0.3) is 78.0 Å². The molecule has 206 valence electrons. The lowest BCUT2D eigenvalue weighted by molar-refractivity contribution is 0.954. The second-order valence-corrected chi connectivity index (χ2v) is 10.6. The molecule has 0 aliphatic rings. The zero-order valence-electron chi connectivity index (χ0n) is 28.3. The van der Waals surface area contributed by atoms with Gasteiger partial charge in [0.25, 0.3) is 0 Å². The number of hydrogen-bond donors (Lipinski definition) is 0. The van der Waals surface area contributed by atoms with Gasteiger partial charge in [-0.3, -0.25) is 4.57 Å². The summed E-state index contributed by atoms with van der Waals surface area (Å²) in [6.07, 6.45) is 0. The first kappa shape index (κ1) is 19.9. The van der Waals surface area contributed by atoms with Gasteiger partial charge in [-0.25, -0.2) is 4.98 Å². The van der Waals surface area contributed by atoms with Crippen LogP contribution in [0.15, 0.2) is 152 Å². The van der Waals surface area contributed by atoms with E-state index in [0.717, 1.165) is 54.7 Å². The average molecular weight is 569 g/mol. The van der Waals surface area contributed by atoms with Crippen molar-refractivity contribution in [1.82, 2.24) is 24.1 Å². The predicted octanol–water partition coefficient (Wildman–Crippen LogP) is 9.40. The molecule has 0 N–H and O–H groups in total. The molecule has 0 saturated heterocycles. The Labute approximate surface area is 260 Å². The van der Waals surface area contributed by atoms with E-state index < -0.39 is 6.04 Å². The summed E-state index contributed by atoms with van der Waals surface area (Å²) >= 11 is 0. The van der Waals surface area contributed by atoms with Crippen LogP contribution in [0, 0.1) is 0 Å². The molecule has 9 rings (SSSR count). The number of fused-ring (bicyclic) bond motifs is 6. The van der Waals surface area contributed by atoms with Crippen molar-refractivity contribution in [2.75, 3.05) is 0 Å². The summed E-state index contributed by atoms with van der Waals surface area (Å²) in [7, 11) is 0. The number of benzene rings is 6. The number of rotatable bonds is 4. The van der Waals surface area contributed by atoms with Gasteiger partial charge in [0.05, 0.1) is 28.9 Å². The van der Waals surface area contributed by atoms with Gasteiger partial charge in [0.2, 0.25) is 5.95 Å². The SMILES string of the molecule is [2H]c1c([2H])c([2H])c(-n2c3ccccc3c3cc4c(cc32)c2ccccc2n4-c2nc(-c3ccccc3)nc(-c3ccccc3)n2)c([2H])c1[2H]. The Morgan fingerprint density at radius 3 is 1.48 bits per heavy atom. The normalized spacial score (nSPS) is 13.2. The molecule has 0 atom stereocenters. The van der Waals surface area contributed by atoms with Crippen LogP contribution in [0.1, 0.15) is 6.85 Å². The number of para-hydroxylation sites is 3. The van der Waals surface area contributed by atoms with Gasteiger partial charge in [0.1, 0.15) is 0 Å². The molecular formula is C39H25N5. The van der Waals surface area contributed by atoms with E-state index in [0.29, 0.717) is 17.6 Å². The molecule has 0 fully saturated rings. The van der Waals surface area contributed by atoms with Gasteiger partial charge in [-0.05, 0) is 36.4 Å². The molecular weight excluding hydrogens is 538 g/mol. The molecule has 0 bridgehead atoms. The Bertz CT molecular complexity index is 2690. The molecule has 0 spiro atoms. The topological polar surface area (TPSA) is 48.5 Å². The molecule has 0 amide bonds. The van der Waals surface area contributed by atoms with E-state index in [1.807, 2.05) is 109 Å². The molecule has 5 heteroatoms. The summed E-state index contributed by atoms with van der Waals surface area (Å²) < 4.78 is 46.5. The largest absolute Gasteiger partial charge is 0.309 e. The Hall–Kier alpha value is -6.07. The van der Waals surface area contributed by atoms with Crippen molar-refractivity contribution in [2.24, 2.45) is 0 Å². The van der Waals surface area contributed by atoms with E-state index in [1.54, 1.807) is 4.57 Å². The van der Waals surface area contributed by atoms with E-state index in [9.17, 15) is 0 Å². The van der Waals surface area contributed by atoms with Crippen LogP contribution in [-0.4, -0.2) is 24.1 Å². The van der Waals surface area contributed by atoms with Crippen LogP contribution in [0.5, 0.6) is 0 Å². The molecule has 0 saturated carbocycles. The van der Waals surface area contributed by atoms with Crippen LogP contribution in [0.4, 0.5) is 0 Å². The summed E-state index contributed by atoms with van der Waals surface area (Å²) in [4.78, 5) is 15.0. The zero-order chi connectivity index (χ0) is 33.4. The molecule has 0 radical (unpaired) electrons. The lowest BCUT2D eigenvalue weighted by Gasteiger charge is -2.11. The third-order valence-corrected chi connectivity index (χ3v) is 8.06. The first-order chi connectivity index (χ1) is 23.9. The molecule has 0 aliphatic heterocycles. The highest BCUT2D eigenvalue weighted by Gasteiger charge is 2.20. The molecule has 3 heterocycles. The second-order valence-electron chi connectivity index (χ2n) is 10.6. The summed E-state index contributed by atoms with van der Waals surface area (Å²) in [5.74, 6) is 1.57. The Kier molecular flexibility index (Phi) is 4.42. The molecule has 5 nitrogen and oxygen atoms in total. The van der Waals surface area contributed by atoms with Crippen LogP contribution < -0.4 is 0 Å². The van der Waals surface area contributed by atoms with Gasteiger partial charge >= 0.3 is 0 Å². The summed E-state index contributed by atoms with van der Waals surface area (Å²) in [6, 6.07) is 37.9. The Morgan fingerprint density at radius 1 is 0.432 bits per heavy atom. The first-order valence-corrected chi connectivity index (χ1v) is 14.3. The van der Waals surface area contributed by atoms with Gasteiger partial charge in [-0.1, -0.05) is 115 Å². The maximum Gasteiger partial charge on any atom is 0.238 e. The molecule has 0 aliphatic carbocycles. The van der Waals surface area contributed by atoms with Crippen molar-refractivity contribution >= 4 is 43.6 Å². The van der Waals surface area contributed by atoms with Crippen molar-refractivity contribution < 1.29 is 6.85 Å². The zero-order valence-corrected chi connectivity index (χ0v) is 23.3. The minimum absolute atomic E-state index is 0.109. The summed E-state index contributed by atoms with van der Waals surface area (Å²) in [6.45, 7) is 0. The third-order valence-electron chi connectivity index (χ3n) is 8.06. The lowest BCUT2D eigenvalue weighted by Crippen LogP contribution is -2.06. The third kappa shape index (κ3) is 3.76. The Balaban J connectivity index is 1.41. The number of hydrogen-bond acceptors (Lipinski definition) is 3. The average Bonchev–Trinajstić information content (AvgIpc) is 3.65. The number of nitrogens with zero attached hydrogens (tertiary/aromatic N) is 5. The highest BCUT2D eigenvalue weighted by Crippen LogP contribution is 2.39. The molecule has 3 aromatic heterocycles. The van der Waals surface area contributed by atoms with Gasteiger partial charge < -0.3 is 4.57 Å². The highest BCUT2D eigenvalue weighted by atomic mass is 15.2. The molecule has 6 aromatic carbocycles. The van der Waals surface area contributed by atoms with E-state index >= 15 is 0 Å². The van der Waals surface area contributed by atoms with Gasteiger partial charge in [-0.15, -0.1) is 0 Å². The smallest absolute Gasteiger partial charge is 0.238 e. The second kappa shape index (κ2) is 9.75. The first-order valence-electron chi connectivity index (χ1n) is 16.8. The van der Waals surface area contributed by atoms with Crippen LogP contribution in [0.3, 0.4) is 0 Å². The molecule has 44 heavy (non-hydrogen) atoms. The fourth-order valence-electron chi connectivity index (χ4n) is 6.14. The monoisotopic (exact) mass is 568 g/mol. The van der Waals surface area contributed by atoms with Crippen LogP contribution >= 0.6 is 0 Å². The van der Waals surface area contributed by atoms with E-state index in [2.05, 4.69) is 16.7 Å². The number of aromatic nitrogens is 5. The standard InChI is InChI=1S/C39H25N5/c1-4-14-26(15-5-1)37-40-38(27-16-6-2-7-17-27)42-39(41-37)44-34-23-13-11-21-30(34)32-24-35-31(25-36(32)44)29-20-10-12-22-33(29)43(35)28-18-8-3-9-19-28/h1-25H/i3D,8D,9D,18D,19D. The Morgan fingerprint density at radius 2 is 0.909 bits per heavy atom. The van der Waals surface area contributed by atoms with Gasteiger partial charge in [0.15, 0.2) is 11.6 Å². The summed E-state index contributed by atoms with van der Waals surface area (Å²) in [5, 5.41) is 3.61. The lowest BCUT2D eigenvalue weighted by atomic mass is 10.1.